The monoisotopic (exact) mass is 283 g/mol. The van der Waals surface area contributed by atoms with E-state index in [1.165, 1.54) is 13.4 Å². The van der Waals surface area contributed by atoms with Crippen molar-refractivity contribution in [1.82, 2.24) is 14.5 Å². The molecule has 0 unspecified atom stereocenters. The van der Waals surface area contributed by atoms with Crippen molar-refractivity contribution in [2.24, 2.45) is 0 Å². The first kappa shape index (κ1) is 13.1. The summed E-state index contributed by atoms with van der Waals surface area (Å²) in [5.41, 5.74) is 1.17. The second-order valence-electron chi connectivity index (χ2n) is 4.34. The van der Waals surface area contributed by atoms with Gasteiger partial charge in [0.05, 0.1) is 19.9 Å². The maximum atomic E-state index is 11.7. The highest BCUT2D eigenvalue weighted by atomic mass is 16.5. The number of ether oxygens (including phenoxy) is 1. The molecule has 3 aromatic heterocycles. The highest BCUT2D eigenvalue weighted by Crippen LogP contribution is 2.18. The van der Waals surface area contributed by atoms with E-state index in [0.717, 1.165) is 5.69 Å². The lowest BCUT2D eigenvalue weighted by molar-refractivity contribution is 0.0598. The summed E-state index contributed by atoms with van der Waals surface area (Å²) in [5.74, 6) is 0.818. The van der Waals surface area contributed by atoms with Gasteiger partial charge in [0.1, 0.15) is 17.0 Å². The topological polar surface area (TPSA) is 70.2 Å². The van der Waals surface area contributed by atoms with Gasteiger partial charge >= 0.3 is 5.97 Å². The lowest BCUT2D eigenvalue weighted by Crippen LogP contribution is -2.07. The van der Waals surface area contributed by atoms with Crippen molar-refractivity contribution in [3.8, 4) is 11.5 Å². The van der Waals surface area contributed by atoms with E-state index in [9.17, 15) is 4.79 Å². The van der Waals surface area contributed by atoms with Crippen LogP contribution in [0.4, 0.5) is 0 Å². The fraction of sp³-hybridized carbons (Fsp3) is 0.133. The van der Waals surface area contributed by atoms with Crippen molar-refractivity contribution >= 4 is 5.97 Å². The van der Waals surface area contributed by atoms with Gasteiger partial charge in [0.2, 0.25) is 0 Å². The van der Waals surface area contributed by atoms with Crippen LogP contribution < -0.4 is 0 Å². The highest BCUT2D eigenvalue weighted by Gasteiger charge is 2.17. The summed E-state index contributed by atoms with van der Waals surface area (Å²) >= 11 is 0. The summed E-state index contributed by atoms with van der Waals surface area (Å²) < 4.78 is 12.0. The van der Waals surface area contributed by atoms with E-state index in [1.807, 2.05) is 29.0 Å². The van der Waals surface area contributed by atoms with Crippen LogP contribution in [0, 0.1) is 0 Å². The molecule has 0 aromatic carbocycles. The van der Waals surface area contributed by atoms with Gasteiger partial charge in [-0.3, -0.25) is 4.98 Å². The lowest BCUT2D eigenvalue weighted by Gasteiger charge is -2.06. The van der Waals surface area contributed by atoms with Gasteiger partial charge < -0.3 is 13.7 Å². The van der Waals surface area contributed by atoms with Crippen molar-refractivity contribution in [1.29, 1.82) is 0 Å². The number of methoxy groups -OCH3 is 1. The van der Waals surface area contributed by atoms with E-state index >= 15 is 0 Å². The number of hydrogen-bond acceptors (Lipinski definition) is 5. The summed E-state index contributed by atoms with van der Waals surface area (Å²) in [6.45, 7) is 0.378. The van der Waals surface area contributed by atoms with E-state index in [2.05, 4.69) is 9.97 Å². The Labute approximate surface area is 121 Å². The molecule has 0 saturated heterocycles. The van der Waals surface area contributed by atoms with Gasteiger partial charge in [0.15, 0.2) is 5.82 Å². The van der Waals surface area contributed by atoms with Crippen LogP contribution in [-0.2, 0) is 11.3 Å². The standard InChI is InChI=1S/C15H13N3O3/c1-20-15(19)11-5-9-21-13(11)10-18-8-7-17-14(18)12-4-2-3-6-16-12/h2-9H,10H2,1H3. The fourth-order valence-corrected chi connectivity index (χ4v) is 2.07. The Kier molecular flexibility index (Phi) is 3.51. The fourth-order valence-electron chi connectivity index (χ4n) is 2.07. The van der Waals surface area contributed by atoms with Gasteiger partial charge in [-0.2, -0.15) is 0 Å². The zero-order chi connectivity index (χ0) is 14.7. The molecule has 6 heteroatoms. The number of esters is 1. The van der Waals surface area contributed by atoms with Crippen LogP contribution in [0.15, 0.2) is 53.5 Å². The second-order valence-corrected chi connectivity index (χ2v) is 4.34. The largest absolute Gasteiger partial charge is 0.467 e. The minimum atomic E-state index is -0.418. The zero-order valence-electron chi connectivity index (χ0n) is 11.4. The van der Waals surface area contributed by atoms with Crippen LogP contribution in [0.25, 0.3) is 11.5 Å². The van der Waals surface area contributed by atoms with Gasteiger partial charge in [-0.25, -0.2) is 9.78 Å². The van der Waals surface area contributed by atoms with E-state index in [0.29, 0.717) is 23.7 Å². The van der Waals surface area contributed by atoms with Gasteiger partial charge in [-0.15, -0.1) is 0 Å². The quantitative estimate of drug-likeness (QED) is 0.687. The molecule has 3 rings (SSSR count). The molecule has 21 heavy (non-hydrogen) atoms. The van der Waals surface area contributed by atoms with Crippen LogP contribution in [0.3, 0.4) is 0 Å². The molecule has 0 N–H and O–H groups in total. The van der Waals surface area contributed by atoms with Crippen molar-refractivity contribution < 1.29 is 13.9 Å². The number of carbonyl (C=O) groups is 1. The average Bonchev–Trinajstić information content (AvgIpc) is 3.17. The number of pyridine rings is 1. The summed E-state index contributed by atoms with van der Waals surface area (Å²) in [5, 5.41) is 0. The number of hydrogen-bond donors (Lipinski definition) is 0. The minimum absolute atomic E-state index is 0.378. The molecule has 0 aliphatic carbocycles. The van der Waals surface area contributed by atoms with Gasteiger partial charge in [0.25, 0.3) is 0 Å². The first-order valence-electron chi connectivity index (χ1n) is 6.37. The van der Waals surface area contributed by atoms with Gasteiger partial charge in [0, 0.05) is 18.6 Å². The Balaban J connectivity index is 1.92. The Morgan fingerprint density at radius 3 is 2.95 bits per heavy atom. The molecule has 0 saturated carbocycles. The van der Waals surface area contributed by atoms with Crippen molar-refractivity contribution in [3.05, 3.63) is 60.4 Å². The summed E-state index contributed by atoms with van der Waals surface area (Å²) in [6.07, 6.45) is 6.68. The smallest absolute Gasteiger partial charge is 0.341 e. The van der Waals surface area contributed by atoms with Crippen LogP contribution in [0.2, 0.25) is 0 Å². The zero-order valence-corrected chi connectivity index (χ0v) is 11.4. The number of furan rings is 1. The molecular formula is C15H13N3O3. The number of carbonyl (C=O) groups excluding carboxylic acids is 1. The molecular weight excluding hydrogens is 270 g/mol. The van der Waals surface area contributed by atoms with Crippen molar-refractivity contribution in [2.45, 2.75) is 6.54 Å². The molecule has 3 heterocycles. The minimum Gasteiger partial charge on any atom is -0.467 e. The third-order valence-electron chi connectivity index (χ3n) is 3.07. The molecule has 106 valence electrons. The molecule has 0 aliphatic rings. The number of imidazole rings is 1. The van der Waals surface area contributed by atoms with Crippen LogP contribution in [0.1, 0.15) is 16.1 Å². The maximum Gasteiger partial charge on any atom is 0.341 e. The normalized spacial score (nSPS) is 10.5. The Bertz CT molecular complexity index is 746. The molecule has 3 aromatic rings. The SMILES string of the molecule is COC(=O)c1ccoc1Cn1ccnc1-c1ccccn1. The van der Waals surface area contributed by atoms with Gasteiger partial charge in [-0.1, -0.05) is 6.07 Å². The highest BCUT2D eigenvalue weighted by molar-refractivity contribution is 5.90. The summed E-state index contributed by atoms with van der Waals surface area (Å²) in [4.78, 5) is 20.2. The Hall–Kier alpha value is -2.89. The summed E-state index contributed by atoms with van der Waals surface area (Å²) in [6, 6.07) is 7.22. The van der Waals surface area contributed by atoms with Crippen LogP contribution in [-0.4, -0.2) is 27.6 Å². The molecule has 0 aliphatic heterocycles. The molecule has 0 bridgehead atoms. The third kappa shape index (κ3) is 2.55. The first-order valence-corrected chi connectivity index (χ1v) is 6.37. The molecule has 0 spiro atoms. The predicted octanol–water partition coefficient (Wildman–Crippen LogP) is 2.37. The number of rotatable bonds is 4. The number of aromatic nitrogens is 3. The van der Waals surface area contributed by atoms with E-state index in [4.69, 9.17) is 9.15 Å². The van der Waals surface area contributed by atoms with Crippen molar-refractivity contribution in [2.75, 3.05) is 7.11 Å². The lowest BCUT2D eigenvalue weighted by atomic mass is 10.2. The summed E-state index contributed by atoms with van der Waals surface area (Å²) in [7, 11) is 1.34. The predicted molar refractivity (Wildman–Crippen MR) is 74.6 cm³/mol. The Morgan fingerprint density at radius 2 is 2.19 bits per heavy atom. The first-order chi connectivity index (χ1) is 10.3. The van der Waals surface area contributed by atoms with E-state index in [-0.39, 0.29) is 0 Å². The van der Waals surface area contributed by atoms with E-state index < -0.39 is 5.97 Å². The Morgan fingerprint density at radius 1 is 1.29 bits per heavy atom. The van der Waals surface area contributed by atoms with Crippen molar-refractivity contribution in [3.63, 3.8) is 0 Å². The van der Waals surface area contributed by atoms with Gasteiger partial charge in [-0.05, 0) is 18.2 Å². The molecule has 0 radical (unpaired) electrons. The molecule has 0 fully saturated rings. The third-order valence-corrected chi connectivity index (χ3v) is 3.07. The molecule has 6 nitrogen and oxygen atoms in total. The van der Waals surface area contributed by atoms with E-state index in [1.54, 1.807) is 18.5 Å². The molecule has 0 atom stereocenters. The average molecular weight is 283 g/mol. The number of nitrogens with zero attached hydrogens (tertiary/aromatic N) is 3. The second kappa shape index (κ2) is 5.62. The maximum absolute atomic E-state index is 11.7. The molecule has 0 amide bonds. The van der Waals surface area contributed by atoms with Crippen LogP contribution in [0.5, 0.6) is 0 Å². The van der Waals surface area contributed by atoms with Crippen LogP contribution >= 0.6 is 0 Å².